The summed E-state index contributed by atoms with van der Waals surface area (Å²) in [6.07, 6.45) is 0.619. The predicted molar refractivity (Wildman–Crippen MR) is 74.8 cm³/mol. The zero-order valence-corrected chi connectivity index (χ0v) is 12.3. The van der Waals surface area contributed by atoms with E-state index in [2.05, 4.69) is 10.6 Å². The largest absolute Gasteiger partial charge is 0.481 e. The van der Waals surface area contributed by atoms with Crippen molar-refractivity contribution >= 4 is 17.9 Å². The molecular weight excluding hydrogens is 278 g/mol. The molecule has 1 fully saturated rings. The van der Waals surface area contributed by atoms with Gasteiger partial charge in [-0.2, -0.15) is 0 Å². The Labute approximate surface area is 123 Å². The molecule has 3 N–H and O–H groups in total. The number of ether oxygens (including phenoxy) is 1. The second kappa shape index (κ2) is 9.17. The molecule has 1 atom stereocenters. The van der Waals surface area contributed by atoms with Crippen molar-refractivity contribution in [3.63, 3.8) is 0 Å². The van der Waals surface area contributed by atoms with Crippen LogP contribution in [0.5, 0.6) is 0 Å². The lowest BCUT2D eigenvalue weighted by Gasteiger charge is -2.26. The van der Waals surface area contributed by atoms with Crippen molar-refractivity contribution in [1.82, 2.24) is 15.5 Å². The quantitative estimate of drug-likeness (QED) is 0.595. The van der Waals surface area contributed by atoms with Crippen LogP contribution in [0.4, 0.5) is 4.79 Å². The van der Waals surface area contributed by atoms with Crippen LogP contribution in [0.15, 0.2) is 0 Å². The maximum atomic E-state index is 11.8. The zero-order valence-electron chi connectivity index (χ0n) is 12.3. The molecule has 1 heterocycles. The average Bonchev–Trinajstić information content (AvgIpc) is 2.47. The summed E-state index contributed by atoms with van der Waals surface area (Å²) in [6.45, 7) is 4.44. The smallest absolute Gasteiger partial charge is 0.314 e. The van der Waals surface area contributed by atoms with Crippen LogP contribution in [-0.2, 0) is 14.3 Å². The van der Waals surface area contributed by atoms with Gasteiger partial charge in [-0.1, -0.05) is 6.92 Å². The van der Waals surface area contributed by atoms with E-state index in [0.717, 1.165) is 0 Å². The molecule has 0 saturated carbocycles. The molecular formula is C13H23N3O5. The number of nitrogens with one attached hydrogen (secondary N) is 2. The number of nitrogens with zero attached hydrogens (tertiary/aromatic N) is 1. The van der Waals surface area contributed by atoms with Gasteiger partial charge in [-0.3, -0.25) is 9.59 Å². The molecule has 1 rings (SSSR count). The van der Waals surface area contributed by atoms with Crippen LogP contribution < -0.4 is 10.6 Å². The lowest BCUT2D eigenvalue weighted by molar-refractivity contribution is -0.141. The maximum Gasteiger partial charge on any atom is 0.314 e. The highest BCUT2D eigenvalue weighted by molar-refractivity contribution is 5.78. The Hall–Kier alpha value is -1.83. The van der Waals surface area contributed by atoms with Crippen molar-refractivity contribution in [2.24, 2.45) is 5.92 Å². The van der Waals surface area contributed by atoms with Crippen LogP contribution in [0, 0.1) is 5.92 Å². The van der Waals surface area contributed by atoms with Gasteiger partial charge in [-0.15, -0.1) is 0 Å². The third-order valence-corrected chi connectivity index (χ3v) is 3.27. The molecule has 0 bridgehead atoms. The molecule has 1 aliphatic heterocycles. The van der Waals surface area contributed by atoms with Crippen molar-refractivity contribution in [1.29, 1.82) is 0 Å². The van der Waals surface area contributed by atoms with Gasteiger partial charge in [0.25, 0.3) is 0 Å². The third kappa shape index (κ3) is 6.94. The topological polar surface area (TPSA) is 108 Å². The molecule has 0 aromatic heterocycles. The fourth-order valence-corrected chi connectivity index (χ4v) is 1.84. The zero-order chi connectivity index (χ0) is 15.7. The van der Waals surface area contributed by atoms with Crippen molar-refractivity contribution < 1.29 is 24.2 Å². The predicted octanol–water partition coefficient (Wildman–Crippen LogP) is -0.355. The lowest BCUT2D eigenvalue weighted by Crippen LogP contribution is -2.43. The van der Waals surface area contributed by atoms with Crippen molar-refractivity contribution in [3.05, 3.63) is 0 Å². The summed E-state index contributed by atoms with van der Waals surface area (Å²) >= 11 is 0. The van der Waals surface area contributed by atoms with E-state index >= 15 is 0 Å². The Bertz CT molecular complexity index is 369. The van der Waals surface area contributed by atoms with Crippen molar-refractivity contribution in [3.8, 4) is 0 Å². The van der Waals surface area contributed by atoms with Crippen LogP contribution in [0.1, 0.15) is 19.8 Å². The first-order chi connectivity index (χ1) is 10.0. The number of hydrogen-bond acceptors (Lipinski definition) is 4. The molecule has 3 amide bonds. The summed E-state index contributed by atoms with van der Waals surface area (Å²) < 4.78 is 5.16. The SMILES string of the molecule is CC(CCNC(=O)NCCC(=O)N1CCOCC1)C(=O)O. The third-order valence-electron chi connectivity index (χ3n) is 3.27. The van der Waals surface area contributed by atoms with Gasteiger partial charge in [-0.05, 0) is 6.42 Å². The Kier molecular flexibility index (Phi) is 7.52. The van der Waals surface area contributed by atoms with Gasteiger partial charge in [0.15, 0.2) is 0 Å². The fourth-order valence-electron chi connectivity index (χ4n) is 1.84. The molecule has 0 aromatic carbocycles. The van der Waals surface area contributed by atoms with E-state index in [-0.39, 0.29) is 31.4 Å². The summed E-state index contributed by atoms with van der Waals surface area (Å²) in [7, 11) is 0. The molecule has 1 unspecified atom stereocenters. The van der Waals surface area contributed by atoms with Crippen molar-refractivity contribution in [2.75, 3.05) is 39.4 Å². The lowest BCUT2D eigenvalue weighted by atomic mass is 10.1. The van der Waals surface area contributed by atoms with Gasteiger partial charge in [0.1, 0.15) is 0 Å². The van der Waals surface area contributed by atoms with E-state index < -0.39 is 11.9 Å². The second-order valence-electron chi connectivity index (χ2n) is 4.95. The Morgan fingerprint density at radius 3 is 2.43 bits per heavy atom. The van der Waals surface area contributed by atoms with Gasteiger partial charge in [0.2, 0.25) is 5.91 Å². The molecule has 0 aromatic rings. The molecule has 1 aliphatic rings. The number of carbonyl (C=O) groups excluding carboxylic acids is 2. The molecule has 21 heavy (non-hydrogen) atoms. The second-order valence-corrected chi connectivity index (χ2v) is 4.95. The van der Waals surface area contributed by atoms with E-state index in [4.69, 9.17) is 9.84 Å². The summed E-state index contributed by atoms with van der Waals surface area (Å²) in [5.41, 5.74) is 0. The van der Waals surface area contributed by atoms with Crippen molar-refractivity contribution in [2.45, 2.75) is 19.8 Å². The highest BCUT2D eigenvalue weighted by Crippen LogP contribution is 2.00. The number of carboxylic acids is 1. The number of amides is 3. The minimum Gasteiger partial charge on any atom is -0.481 e. The molecule has 8 heteroatoms. The molecule has 0 spiro atoms. The fraction of sp³-hybridized carbons (Fsp3) is 0.769. The number of morpholine rings is 1. The number of carbonyl (C=O) groups is 3. The Morgan fingerprint density at radius 1 is 1.19 bits per heavy atom. The summed E-state index contributed by atoms with van der Waals surface area (Å²) in [6, 6.07) is -0.387. The number of rotatable bonds is 7. The van der Waals surface area contributed by atoms with E-state index in [1.807, 2.05) is 0 Å². The molecule has 0 aliphatic carbocycles. The normalized spacial score (nSPS) is 16.1. The summed E-state index contributed by atoms with van der Waals surface area (Å²) in [5.74, 6) is -1.38. The minimum absolute atomic E-state index is 0.00176. The first kappa shape index (κ1) is 17.2. The van der Waals surface area contributed by atoms with Gasteiger partial charge < -0.3 is 25.4 Å². The number of aliphatic carboxylic acids is 1. The van der Waals surface area contributed by atoms with Crippen LogP contribution in [0.2, 0.25) is 0 Å². The van der Waals surface area contributed by atoms with Crippen LogP contribution in [0.3, 0.4) is 0 Å². The van der Waals surface area contributed by atoms with E-state index in [9.17, 15) is 14.4 Å². The Balaban J connectivity index is 2.07. The van der Waals surface area contributed by atoms with Crippen LogP contribution in [0.25, 0.3) is 0 Å². The molecule has 120 valence electrons. The first-order valence-electron chi connectivity index (χ1n) is 7.10. The number of hydrogen-bond donors (Lipinski definition) is 3. The molecule has 8 nitrogen and oxygen atoms in total. The highest BCUT2D eigenvalue weighted by atomic mass is 16.5. The number of carboxylic acid groups (broad SMARTS) is 1. The van der Waals surface area contributed by atoms with Gasteiger partial charge in [0.05, 0.1) is 19.1 Å². The minimum atomic E-state index is -0.881. The van der Waals surface area contributed by atoms with Gasteiger partial charge in [0, 0.05) is 32.6 Å². The monoisotopic (exact) mass is 301 g/mol. The first-order valence-corrected chi connectivity index (χ1v) is 7.10. The van der Waals surface area contributed by atoms with Crippen LogP contribution >= 0.6 is 0 Å². The highest BCUT2D eigenvalue weighted by Gasteiger charge is 2.16. The van der Waals surface area contributed by atoms with E-state index in [1.165, 1.54) is 0 Å². The van der Waals surface area contributed by atoms with E-state index in [1.54, 1.807) is 11.8 Å². The summed E-state index contributed by atoms with van der Waals surface area (Å²) in [4.78, 5) is 35.5. The molecule has 0 radical (unpaired) electrons. The Morgan fingerprint density at radius 2 is 1.81 bits per heavy atom. The van der Waals surface area contributed by atoms with Gasteiger partial charge >= 0.3 is 12.0 Å². The summed E-state index contributed by atoms with van der Waals surface area (Å²) in [5, 5.41) is 13.8. The maximum absolute atomic E-state index is 11.8. The number of urea groups is 1. The van der Waals surface area contributed by atoms with E-state index in [0.29, 0.717) is 32.7 Å². The standard InChI is InChI=1S/C13H23N3O5/c1-10(12(18)19)2-4-14-13(20)15-5-3-11(17)16-6-8-21-9-7-16/h10H,2-9H2,1H3,(H,18,19)(H2,14,15,20). The molecule has 1 saturated heterocycles. The van der Waals surface area contributed by atoms with Crippen LogP contribution in [-0.4, -0.2) is 67.3 Å². The van der Waals surface area contributed by atoms with Gasteiger partial charge in [-0.25, -0.2) is 4.79 Å². The average molecular weight is 301 g/mol.